The Morgan fingerprint density at radius 1 is 1.11 bits per heavy atom. The zero-order valence-electron chi connectivity index (χ0n) is 10.1. The van der Waals surface area contributed by atoms with E-state index in [4.69, 9.17) is 4.74 Å². The summed E-state index contributed by atoms with van der Waals surface area (Å²) in [6, 6.07) is 14.8. The van der Waals surface area contributed by atoms with Crippen molar-refractivity contribution in [3.8, 4) is 5.75 Å². The van der Waals surface area contributed by atoms with Gasteiger partial charge in [0, 0.05) is 5.56 Å². The van der Waals surface area contributed by atoms with Gasteiger partial charge in [0.1, 0.15) is 12.4 Å². The average Bonchev–Trinajstić information content (AvgIpc) is 2.37. The van der Waals surface area contributed by atoms with E-state index in [1.807, 2.05) is 36.4 Å². The van der Waals surface area contributed by atoms with Crippen LogP contribution in [0.25, 0.3) is 0 Å². The molecule has 0 unspecified atom stereocenters. The summed E-state index contributed by atoms with van der Waals surface area (Å²) in [6.07, 6.45) is 0. The van der Waals surface area contributed by atoms with E-state index in [1.54, 1.807) is 19.1 Å². The Bertz CT molecular complexity index is 547. The lowest BCUT2D eigenvalue weighted by Gasteiger charge is -2.10. The predicted octanol–water partition coefficient (Wildman–Crippen LogP) is 3.27. The monoisotopic (exact) mass is 242 g/mol. The topological polar surface area (TPSA) is 46.5 Å². The first-order valence-electron chi connectivity index (χ1n) is 5.68. The van der Waals surface area contributed by atoms with Gasteiger partial charge in [-0.25, -0.2) is 4.79 Å². The van der Waals surface area contributed by atoms with Crippen LogP contribution in [0.5, 0.6) is 5.75 Å². The van der Waals surface area contributed by atoms with Crippen LogP contribution in [0.4, 0.5) is 0 Å². The molecule has 92 valence electrons. The van der Waals surface area contributed by atoms with Gasteiger partial charge in [0.2, 0.25) is 0 Å². The van der Waals surface area contributed by atoms with Gasteiger partial charge in [-0.05, 0) is 24.6 Å². The van der Waals surface area contributed by atoms with Gasteiger partial charge in [0.15, 0.2) is 0 Å². The maximum absolute atomic E-state index is 11.2. The highest BCUT2D eigenvalue weighted by atomic mass is 16.5. The highest BCUT2D eigenvalue weighted by Gasteiger charge is 2.12. The van der Waals surface area contributed by atoms with Gasteiger partial charge in [-0.2, -0.15) is 0 Å². The minimum Gasteiger partial charge on any atom is -0.489 e. The van der Waals surface area contributed by atoms with Crippen LogP contribution in [0.3, 0.4) is 0 Å². The van der Waals surface area contributed by atoms with E-state index in [9.17, 15) is 9.90 Å². The number of aromatic carboxylic acids is 1. The van der Waals surface area contributed by atoms with Crippen molar-refractivity contribution >= 4 is 5.97 Å². The van der Waals surface area contributed by atoms with E-state index in [-0.39, 0.29) is 6.61 Å². The molecule has 2 aromatic rings. The van der Waals surface area contributed by atoms with Gasteiger partial charge >= 0.3 is 5.97 Å². The minimum atomic E-state index is -0.917. The number of benzene rings is 2. The largest absolute Gasteiger partial charge is 0.489 e. The average molecular weight is 242 g/mol. The Kier molecular flexibility index (Phi) is 3.63. The molecule has 0 spiro atoms. The molecule has 2 aromatic carbocycles. The van der Waals surface area contributed by atoms with Crippen LogP contribution in [0, 0.1) is 6.92 Å². The number of rotatable bonds is 4. The van der Waals surface area contributed by atoms with Crippen LogP contribution in [-0.2, 0) is 6.61 Å². The molecule has 0 radical (unpaired) electrons. The molecule has 0 saturated heterocycles. The number of ether oxygens (including phenoxy) is 1. The number of carbonyl (C=O) groups is 1. The number of hydrogen-bond donors (Lipinski definition) is 1. The molecule has 0 amide bonds. The van der Waals surface area contributed by atoms with Crippen LogP contribution in [0.1, 0.15) is 21.5 Å². The second-order valence-corrected chi connectivity index (χ2v) is 4.02. The highest BCUT2D eigenvalue weighted by molar-refractivity contribution is 5.91. The van der Waals surface area contributed by atoms with Gasteiger partial charge in [0.25, 0.3) is 0 Å². The van der Waals surface area contributed by atoms with Gasteiger partial charge in [-0.15, -0.1) is 0 Å². The maximum atomic E-state index is 11.2. The van der Waals surface area contributed by atoms with Gasteiger partial charge in [0.05, 0.1) is 5.56 Å². The second-order valence-electron chi connectivity index (χ2n) is 4.02. The zero-order chi connectivity index (χ0) is 13.0. The maximum Gasteiger partial charge on any atom is 0.336 e. The number of aryl methyl sites for hydroxylation is 1. The SMILES string of the molecule is Cc1cccc(COc2ccccc2)c1C(=O)O. The summed E-state index contributed by atoms with van der Waals surface area (Å²) in [6.45, 7) is 2.04. The summed E-state index contributed by atoms with van der Waals surface area (Å²) in [4.78, 5) is 11.2. The Morgan fingerprint density at radius 2 is 1.83 bits per heavy atom. The van der Waals surface area contributed by atoms with Crippen LogP contribution in [0.15, 0.2) is 48.5 Å². The molecule has 0 heterocycles. The fourth-order valence-corrected chi connectivity index (χ4v) is 1.83. The van der Waals surface area contributed by atoms with Gasteiger partial charge < -0.3 is 9.84 Å². The summed E-state index contributed by atoms with van der Waals surface area (Å²) in [5, 5.41) is 9.19. The fourth-order valence-electron chi connectivity index (χ4n) is 1.83. The molecule has 0 aliphatic rings. The van der Waals surface area contributed by atoms with Crippen LogP contribution in [0.2, 0.25) is 0 Å². The van der Waals surface area contributed by atoms with Gasteiger partial charge in [-0.3, -0.25) is 0 Å². The molecule has 18 heavy (non-hydrogen) atoms. The molecule has 0 fully saturated rings. The quantitative estimate of drug-likeness (QED) is 0.895. The number of para-hydroxylation sites is 1. The van der Waals surface area contributed by atoms with E-state index < -0.39 is 5.97 Å². The molecular weight excluding hydrogens is 228 g/mol. The van der Waals surface area contributed by atoms with Crippen LogP contribution < -0.4 is 4.74 Å². The summed E-state index contributed by atoms with van der Waals surface area (Å²) < 4.78 is 5.57. The molecule has 2 rings (SSSR count). The molecule has 3 nitrogen and oxygen atoms in total. The van der Waals surface area contributed by atoms with Crippen molar-refractivity contribution in [2.45, 2.75) is 13.5 Å². The first kappa shape index (κ1) is 12.2. The van der Waals surface area contributed by atoms with Crippen molar-refractivity contribution in [1.29, 1.82) is 0 Å². The Balaban J connectivity index is 2.20. The fraction of sp³-hybridized carbons (Fsp3) is 0.133. The Hall–Kier alpha value is -2.29. The van der Waals surface area contributed by atoms with Crippen molar-refractivity contribution in [3.63, 3.8) is 0 Å². The molecule has 0 aliphatic carbocycles. The highest BCUT2D eigenvalue weighted by Crippen LogP contribution is 2.17. The molecule has 0 bridgehead atoms. The summed E-state index contributed by atoms with van der Waals surface area (Å²) in [7, 11) is 0. The third-order valence-corrected chi connectivity index (χ3v) is 2.71. The molecule has 0 atom stereocenters. The van der Waals surface area contributed by atoms with Gasteiger partial charge in [-0.1, -0.05) is 36.4 Å². The Labute approximate surface area is 106 Å². The molecule has 1 N–H and O–H groups in total. The van der Waals surface area contributed by atoms with Crippen LogP contribution >= 0.6 is 0 Å². The third-order valence-electron chi connectivity index (χ3n) is 2.71. The number of carboxylic acid groups (broad SMARTS) is 1. The molecular formula is C15H14O3. The lowest BCUT2D eigenvalue weighted by molar-refractivity contribution is 0.0693. The number of carboxylic acids is 1. The van der Waals surface area contributed by atoms with E-state index in [0.29, 0.717) is 11.1 Å². The normalized spacial score (nSPS) is 10.1. The van der Waals surface area contributed by atoms with E-state index in [1.165, 1.54) is 0 Å². The second kappa shape index (κ2) is 5.36. The number of hydrogen-bond acceptors (Lipinski definition) is 2. The first-order chi connectivity index (χ1) is 8.68. The van der Waals surface area contributed by atoms with E-state index in [0.717, 1.165) is 11.3 Å². The lowest BCUT2D eigenvalue weighted by Crippen LogP contribution is -2.07. The van der Waals surface area contributed by atoms with E-state index in [2.05, 4.69) is 0 Å². The predicted molar refractivity (Wildman–Crippen MR) is 68.9 cm³/mol. The smallest absolute Gasteiger partial charge is 0.336 e. The summed E-state index contributed by atoms with van der Waals surface area (Å²) in [5.41, 5.74) is 1.76. The molecule has 0 aliphatic heterocycles. The third kappa shape index (κ3) is 2.69. The standard InChI is InChI=1S/C15H14O3/c1-11-6-5-7-12(14(11)15(16)17)10-18-13-8-3-2-4-9-13/h2-9H,10H2,1H3,(H,16,17). The summed E-state index contributed by atoms with van der Waals surface area (Å²) >= 11 is 0. The molecule has 0 saturated carbocycles. The molecule has 0 aromatic heterocycles. The zero-order valence-corrected chi connectivity index (χ0v) is 10.1. The van der Waals surface area contributed by atoms with Crippen molar-refractivity contribution in [3.05, 3.63) is 65.2 Å². The van der Waals surface area contributed by atoms with Crippen molar-refractivity contribution in [1.82, 2.24) is 0 Å². The van der Waals surface area contributed by atoms with Crippen molar-refractivity contribution in [2.75, 3.05) is 0 Å². The first-order valence-corrected chi connectivity index (χ1v) is 5.68. The lowest BCUT2D eigenvalue weighted by atomic mass is 10.0. The van der Waals surface area contributed by atoms with Crippen molar-refractivity contribution in [2.24, 2.45) is 0 Å². The Morgan fingerprint density at radius 3 is 2.50 bits per heavy atom. The van der Waals surface area contributed by atoms with Crippen LogP contribution in [-0.4, -0.2) is 11.1 Å². The molecule has 3 heteroatoms. The minimum absolute atomic E-state index is 0.257. The van der Waals surface area contributed by atoms with E-state index >= 15 is 0 Å². The summed E-state index contributed by atoms with van der Waals surface area (Å²) in [5.74, 6) is -0.185. The van der Waals surface area contributed by atoms with Crippen molar-refractivity contribution < 1.29 is 14.6 Å².